The van der Waals surface area contributed by atoms with Crippen LogP contribution in [0.2, 0.25) is 0 Å². The normalized spacial score (nSPS) is 11.5. The van der Waals surface area contributed by atoms with Crippen LogP contribution in [0.5, 0.6) is 17.2 Å². The van der Waals surface area contributed by atoms with Gasteiger partial charge in [-0.15, -0.1) is 0 Å². The molecule has 0 radical (unpaired) electrons. The molecule has 0 saturated heterocycles. The molecule has 0 N–H and O–H groups in total. The number of hydrogen-bond donors (Lipinski definition) is 3. The van der Waals surface area contributed by atoms with E-state index in [-0.39, 0.29) is 5.41 Å². The number of hydrogen-bond acceptors (Lipinski definition) is 8. The van der Waals surface area contributed by atoms with E-state index >= 15 is 0 Å². The van der Waals surface area contributed by atoms with E-state index in [1.54, 1.807) is 18.2 Å². The van der Waals surface area contributed by atoms with Crippen molar-refractivity contribution in [3.05, 3.63) is 127 Å². The third kappa shape index (κ3) is 12.8. The average molecular weight is 687 g/mol. The van der Waals surface area contributed by atoms with E-state index in [1.165, 1.54) is 5.75 Å². The van der Waals surface area contributed by atoms with E-state index in [2.05, 4.69) is 101 Å². The maximum Gasteiger partial charge on any atom is 0.119 e. The van der Waals surface area contributed by atoms with Gasteiger partial charge in [0, 0.05) is 33.7 Å². The topological polar surface area (TPSA) is 27.7 Å². The van der Waals surface area contributed by atoms with Crippen LogP contribution >= 0.6 is 61.4 Å². The largest absolute Gasteiger partial charge is 0.490 e. The van der Waals surface area contributed by atoms with Gasteiger partial charge < -0.3 is 14.2 Å². The molecule has 3 aromatic rings. The van der Waals surface area contributed by atoms with Crippen LogP contribution < -0.4 is 14.2 Å². The maximum absolute atomic E-state index is 5.67. The lowest BCUT2D eigenvalue weighted by atomic mass is 9.71. The van der Waals surface area contributed by atoms with E-state index in [9.17, 15) is 0 Å². The van der Waals surface area contributed by atoms with Crippen molar-refractivity contribution >= 4 is 61.4 Å². The van der Waals surface area contributed by atoms with E-state index in [0.29, 0.717) is 25.1 Å². The molecule has 0 fully saturated rings. The lowest BCUT2D eigenvalue weighted by Gasteiger charge is -2.32. The molecule has 0 aliphatic rings. The zero-order valence-corrected chi connectivity index (χ0v) is 29.9. The number of benzene rings is 3. The summed E-state index contributed by atoms with van der Waals surface area (Å²) in [5.74, 6) is 8.84. The number of thioether (sulfide) groups is 2. The van der Waals surface area contributed by atoms with Gasteiger partial charge in [-0.05, 0) is 71.5 Å². The lowest BCUT2D eigenvalue weighted by molar-refractivity contribution is 0.362. The van der Waals surface area contributed by atoms with Crippen LogP contribution in [0.3, 0.4) is 0 Å². The van der Waals surface area contributed by atoms with E-state index in [4.69, 9.17) is 14.2 Å². The summed E-state index contributed by atoms with van der Waals surface area (Å²) in [5.41, 5.74) is 3.08. The molecule has 0 aliphatic heterocycles. The number of ether oxygens (including phenoxy) is 3. The van der Waals surface area contributed by atoms with Crippen molar-refractivity contribution < 1.29 is 14.2 Å². The molecule has 44 heavy (non-hydrogen) atoms. The fourth-order valence-corrected chi connectivity index (χ4v) is 7.49. The molecule has 0 aliphatic carbocycles. The van der Waals surface area contributed by atoms with Gasteiger partial charge in [0.25, 0.3) is 0 Å². The molecule has 1 unspecified atom stereocenters. The molecular weight excluding hydrogens is 641 g/mol. The predicted octanol–water partition coefficient (Wildman–Crippen LogP) is 9.35. The molecule has 238 valence electrons. The van der Waals surface area contributed by atoms with Gasteiger partial charge in [-0.3, -0.25) is 0 Å². The third-order valence-corrected chi connectivity index (χ3v) is 10.9. The molecular formula is C36H46O3S5. The molecule has 0 saturated carbocycles. The van der Waals surface area contributed by atoms with Gasteiger partial charge in [0.1, 0.15) is 37.1 Å². The van der Waals surface area contributed by atoms with Gasteiger partial charge in [-0.2, -0.15) is 61.4 Å². The Morgan fingerprint density at radius 1 is 0.636 bits per heavy atom. The van der Waals surface area contributed by atoms with Gasteiger partial charge in [0.05, 0.1) is 0 Å². The number of thiol groups is 3. The first-order valence-electron chi connectivity index (χ1n) is 14.5. The highest BCUT2D eigenvalue weighted by atomic mass is 32.2. The minimum atomic E-state index is -0.384. The smallest absolute Gasteiger partial charge is 0.119 e. The zero-order valence-electron chi connectivity index (χ0n) is 25.6. The van der Waals surface area contributed by atoms with Crippen LogP contribution in [0.1, 0.15) is 23.6 Å². The van der Waals surface area contributed by atoms with E-state index < -0.39 is 0 Å². The van der Waals surface area contributed by atoms with Gasteiger partial charge >= 0.3 is 0 Å². The Morgan fingerprint density at radius 2 is 1.00 bits per heavy atom. The van der Waals surface area contributed by atoms with E-state index in [0.717, 1.165) is 62.7 Å². The summed E-state index contributed by atoms with van der Waals surface area (Å²) in [6.07, 6.45) is 5.22. The van der Waals surface area contributed by atoms with Crippen molar-refractivity contribution in [2.75, 3.05) is 54.3 Å². The Morgan fingerprint density at radius 3 is 1.30 bits per heavy atom. The van der Waals surface area contributed by atoms with Crippen LogP contribution in [-0.4, -0.2) is 59.6 Å². The van der Waals surface area contributed by atoms with Crippen LogP contribution in [0.15, 0.2) is 111 Å². The highest BCUT2D eigenvalue weighted by molar-refractivity contribution is 8.04. The Labute approximate surface area is 290 Å². The average Bonchev–Trinajstić information content (AvgIpc) is 3.07. The van der Waals surface area contributed by atoms with Crippen LogP contribution in [0.25, 0.3) is 0 Å². The fourth-order valence-electron chi connectivity index (χ4n) is 4.27. The Hall–Kier alpha value is -1.97. The summed E-state index contributed by atoms with van der Waals surface area (Å²) in [4.78, 5) is 0. The molecule has 0 amide bonds. The molecule has 0 aromatic heterocycles. The minimum absolute atomic E-state index is 0.384. The second kappa shape index (κ2) is 22.5. The second-order valence-electron chi connectivity index (χ2n) is 9.69. The Kier molecular flexibility index (Phi) is 19.6. The van der Waals surface area contributed by atoms with Crippen LogP contribution in [-0.2, 0) is 5.41 Å². The zero-order chi connectivity index (χ0) is 32.0. The molecule has 3 aromatic carbocycles. The molecule has 0 spiro atoms. The first kappa shape index (κ1) is 38.2. The van der Waals surface area contributed by atoms with Crippen molar-refractivity contribution in [3.63, 3.8) is 0 Å². The molecule has 3 rings (SSSR count). The summed E-state index contributed by atoms with van der Waals surface area (Å²) in [7, 11) is 0. The standard InChI is InChI=1S/C29H30O3.C7H16S5/c1-5-20-30-26-14-8-23(9-15-26)29(4,24-10-16-27(17-11-24)31-21-6-2)25-12-18-28(19-13-25)32-22-7-3;8-1-3-11-6-7(5-10)12-4-2-9/h5-19H,1-3,20-22H2,4H3;7-10H,1-6H2. The summed E-state index contributed by atoms with van der Waals surface area (Å²) in [6.45, 7) is 14.8. The SMILES string of the molecule is C=CCOc1ccc(C(C)(c2ccc(OCC=C)cc2)c2ccc(OCC=C)cc2)cc1.SCCSCC(CS)SCCS. The molecule has 1 atom stereocenters. The molecule has 0 heterocycles. The highest BCUT2D eigenvalue weighted by Crippen LogP contribution is 2.40. The first-order chi connectivity index (χ1) is 21.5. The Balaban J connectivity index is 0.000000477. The van der Waals surface area contributed by atoms with Crippen LogP contribution in [0, 0.1) is 0 Å². The van der Waals surface area contributed by atoms with Crippen molar-refractivity contribution in [3.8, 4) is 17.2 Å². The van der Waals surface area contributed by atoms with Gasteiger partial charge in [-0.1, -0.05) is 74.4 Å². The second-order valence-corrected chi connectivity index (χ2v) is 13.5. The van der Waals surface area contributed by atoms with E-state index in [1.807, 2.05) is 59.9 Å². The number of rotatable bonds is 20. The summed E-state index contributed by atoms with van der Waals surface area (Å²) >= 11 is 16.6. The molecule has 3 nitrogen and oxygen atoms in total. The molecule has 0 bridgehead atoms. The van der Waals surface area contributed by atoms with Gasteiger partial charge in [0.15, 0.2) is 0 Å². The summed E-state index contributed by atoms with van der Waals surface area (Å²) in [6, 6.07) is 24.7. The van der Waals surface area contributed by atoms with Crippen molar-refractivity contribution in [1.29, 1.82) is 0 Å². The first-order valence-corrected chi connectivity index (χ1v) is 18.6. The van der Waals surface area contributed by atoms with Crippen LogP contribution in [0.4, 0.5) is 0 Å². The minimum Gasteiger partial charge on any atom is -0.490 e. The van der Waals surface area contributed by atoms with Crippen molar-refractivity contribution in [1.82, 2.24) is 0 Å². The summed E-state index contributed by atoms with van der Waals surface area (Å²) < 4.78 is 17.0. The monoisotopic (exact) mass is 686 g/mol. The molecule has 8 heteroatoms. The Bertz CT molecular complexity index is 1080. The van der Waals surface area contributed by atoms with Crippen molar-refractivity contribution in [2.45, 2.75) is 17.6 Å². The predicted molar refractivity (Wildman–Crippen MR) is 207 cm³/mol. The maximum atomic E-state index is 5.67. The van der Waals surface area contributed by atoms with Gasteiger partial charge in [0.2, 0.25) is 0 Å². The van der Waals surface area contributed by atoms with Gasteiger partial charge in [-0.25, -0.2) is 0 Å². The summed E-state index contributed by atoms with van der Waals surface area (Å²) in [5, 5.41) is 0.686. The lowest BCUT2D eigenvalue weighted by Crippen LogP contribution is -2.25. The third-order valence-electron chi connectivity index (χ3n) is 6.59. The quantitative estimate of drug-likeness (QED) is 0.0477. The van der Waals surface area contributed by atoms with Crippen molar-refractivity contribution in [2.24, 2.45) is 0 Å². The highest BCUT2D eigenvalue weighted by Gasteiger charge is 2.31. The fraction of sp³-hybridized carbons (Fsp3) is 0.333.